The summed E-state index contributed by atoms with van der Waals surface area (Å²) < 4.78 is 0. The van der Waals surface area contributed by atoms with Crippen LogP contribution in [-0.4, -0.2) is 23.6 Å². The van der Waals surface area contributed by atoms with E-state index in [1.807, 2.05) is 0 Å². The summed E-state index contributed by atoms with van der Waals surface area (Å²) in [6, 6.07) is 7.87. The highest BCUT2D eigenvalue weighted by Crippen LogP contribution is 2.30. The molecule has 116 valence electrons. The fourth-order valence-corrected chi connectivity index (χ4v) is 5.23. The van der Waals surface area contributed by atoms with Crippen LogP contribution in [-0.2, 0) is 19.3 Å². The maximum Gasteiger partial charge on any atom is 0.0198 e. The van der Waals surface area contributed by atoms with Crippen LogP contribution in [0.3, 0.4) is 0 Å². The molecule has 2 aliphatic rings. The number of hydrogen-bond donors (Lipinski definition) is 1. The summed E-state index contributed by atoms with van der Waals surface area (Å²) in [6.07, 6.45) is 10.9. The molecule has 1 nitrogen and oxygen atoms in total. The van der Waals surface area contributed by atoms with Crippen molar-refractivity contribution in [2.24, 2.45) is 0 Å². The van der Waals surface area contributed by atoms with Crippen LogP contribution < -0.4 is 5.32 Å². The zero-order valence-corrected chi connectivity index (χ0v) is 14.2. The number of hydrogen-bond acceptors (Lipinski definition) is 2. The van der Waals surface area contributed by atoms with Crippen molar-refractivity contribution < 1.29 is 0 Å². The van der Waals surface area contributed by atoms with Crippen molar-refractivity contribution in [2.75, 3.05) is 12.3 Å². The number of rotatable bonds is 7. The third-order valence-corrected chi connectivity index (χ3v) is 6.51. The summed E-state index contributed by atoms with van der Waals surface area (Å²) >= 11 is 2.21. The summed E-state index contributed by atoms with van der Waals surface area (Å²) in [5, 5.41) is 4.64. The predicted molar refractivity (Wildman–Crippen MR) is 94.3 cm³/mol. The molecule has 0 heterocycles. The van der Waals surface area contributed by atoms with Gasteiger partial charge in [-0.1, -0.05) is 38.0 Å². The van der Waals surface area contributed by atoms with Gasteiger partial charge in [0.1, 0.15) is 0 Å². The van der Waals surface area contributed by atoms with Gasteiger partial charge in [0.25, 0.3) is 0 Å². The molecule has 3 rings (SSSR count). The van der Waals surface area contributed by atoms with Crippen molar-refractivity contribution in [1.29, 1.82) is 0 Å². The van der Waals surface area contributed by atoms with E-state index >= 15 is 0 Å². The number of thioether (sulfide) groups is 1. The van der Waals surface area contributed by atoms with Crippen molar-refractivity contribution in [2.45, 2.75) is 69.6 Å². The third-order valence-electron chi connectivity index (χ3n) is 4.97. The lowest BCUT2D eigenvalue weighted by Crippen LogP contribution is -2.33. The first-order chi connectivity index (χ1) is 10.3. The Morgan fingerprint density at radius 2 is 1.95 bits per heavy atom. The van der Waals surface area contributed by atoms with Crippen LogP contribution in [0, 0.1) is 0 Å². The Balaban J connectivity index is 1.56. The highest BCUT2D eigenvalue weighted by atomic mass is 32.2. The van der Waals surface area contributed by atoms with Gasteiger partial charge in [0.2, 0.25) is 0 Å². The van der Waals surface area contributed by atoms with Crippen LogP contribution in [0.1, 0.15) is 55.7 Å². The zero-order valence-electron chi connectivity index (χ0n) is 13.4. The summed E-state index contributed by atoms with van der Waals surface area (Å²) in [6.45, 7) is 3.32. The lowest BCUT2D eigenvalue weighted by molar-refractivity contribution is 0.571. The van der Waals surface area contributed by atoms with E-state index in [1.54, 1.807) is 11.1 Å². The molecular weight excluding hydrogens is 274 g/mol. The van der Waals surface area contributed by atoms with E-state index in [9.17, 15) is 0 Å². The summed E-state index contributed by atoms with van der Waals surface area (Å²) in [5.41, 5.74) is 4.75. The van der Waals surface area contributed by atoms with E-state index < -0.39 is 0 Å². The van der Waals surface area contributed by atoms with E-state index in [1.165, 1.54) is 62.7 Å². The lowest BCUT2D eigenvalue weighted by atomic mass is 10.0. The van der Waals surface area contributed by atoms with Crippen LogP contribution in [0.2, 0.25) is 0 Å². The standard InChI is InChI=1S/C19H29NS/c1-2-20-18(14-21-19-8-3-4-9-19)13-15-10-11-16-6-5-7-17(16)12-15/h10-12,18-20H,2-9,13-14H2,1H3. The van der Waals surface area contributed by atoms with Crippen LogP contribution in [0.4, 0.5) is 0 Å². The summed E-state index contributed by atoms with van der Waals surface area (Å²) in [5.74, 6) is 1.27. The molecule has 0 radical (unpaired) electrons. The minimum Gasteiger partial charge on any atom is -0.313 e. The van der Waals surface area contributed by atoms with E-state index in [0.29, 0.717) is 6.04 Å². The second-order valence-corrected chi connectivity index (χ2v) is 7.99. The van der Waals surface area contributed by atoms with Gasteiger partial charge in [-0.25, -0.2) is 0 Å². The second kappa shape index (κ2) is 7.69. The number of aryl methyl sites for hydroxylation is 2. The second-order valence-electron chi connectivity index (χ2n) is 6.66. The molecule has 2 aliphatic carbocycles. The fraction of sp³-hybridized carbons (Fsp3) is 0.684. The fourth-order valence-electron chi connectivity index (χ4n) is 3.82. The minimum atomic E-state index is 0.639. The van der Waals surface area contributed by atoms with Gasteiger partial charge in [-0.05, 0) is 61.8 Å². The van der Waals surface area contributed by atoms with Gasteiger partial charge < -0.3 is 5.32 Å². The molecule has 1 atom stereocenters. The lowest BCUT2D eigenvalue weighted by Gasteiger charge is -2.20. The van der Waals surface area contributed by atoms with Gasteiger partial charge in [-0.2, -0.15) is 11.8 Å². The summed E-state index contributed by atoms with van der Waals surface area (Å²) in [7, 11) is 0. The van der Waals surface area contributed by atoms with Crippen LogP contribution >= 0.6 is 11.8 Å². The Morgan fingerprint density at radius 1 is 1.14 bits per heavy atom. The van der Waals surface area contributed by atoms with E-state index in [-0.39, 0.29) is 0 Å². The highest BCUT2D eigenvalue weighted by molar-refractivity contribution is 7.99. The van der Waals surface area contributed by atoms with Crippen LogP contribution in [0.25, 0.3) is 0 Å². The molecule has 1 unspecified atom stereocenters. The number of fused-ring (bicyclic) bond motifs is 1. The molecule has 0 spiro atoms. The SMILES string of the molecule is CCNC(CSC1CCCC1)Cc1ccc2c(c1)CCC2. The first-order valence-electron chi connectivity index (χ1n) is 8.81. The minimum absolute atomic E-state index is 0.639. The Bertz CT molecular complexity index is 451. The van der Waals surface area contributed by atoms with Gasteiger partial charge in [-0.15, -0.1) is 0 Å². The maximum absolute atomic E-state index is 3.70. The molecule has 1 N–H and O–H groups in total. The Kier molecular flexibility index (Phi) is 5.65. The molecule has 1 fully saturated rings. The zero-order chi connectivity index (χ0) is 14.5. The molecule has 0 aromatic heterocycles. The highest BCUT2D eigenvalue weighted by Gasteiger charge is 2.18. The third kappa shape index (κ3) is 4.26. The Labute approximate surface area is 134 Å². The topological polar surface area (TPSA) is 12.0 Å². The Morgan fingerprint density at radius 3 is 2.76 bits per heavy atom. The molecular formula is C19H29NS. The summed E-state index contributed by atoms with van der Waals surface area (Å²) in [4.78, 5) is 0. The molecule has 0 amide bonds. The average molecular weight is 304 g/mol. The molecule has 1 saturated carbocycles. The van der Waals surface area contributed by atoms with Crippen LogP contribution in [0.5, 0.6) is 0 Å². The van der Waals surface area contributed by atoms with E-state index in [0.717, 1.165) is 11.8 Å². The maximum atomic E-state index is 3.70. The van der Waals surface area contributed by atoms with Crippen molar-refractivity contribution in [3.05, 3.63) is 34.9 Å². The van der Waals surface area contributed by atoms with E-state index in [2.05, 4.69) is 42.2 Å². The molecule has 0 saturated heterocycles. The molecule has 0 aliphatic heterocycles. The average Bonchev–Trinajstić information content (AvgIpc) is 3.16. The normalized spacial score (nSPS) is 19.9. The quantitative estimate of drug-likeness (QED) is 0.802. The number of nitrogens with one attached hydrogen (secondary N) is 1. The largest absolute Gasteiger partial charge is 0.313 e. The molecule has 0 bridgehead atoms. The van der Waals surface area contributed by atoms with Crippen LogP contribution in [0.15, 0.2) is 18.2 Å². The first kappa shape index (κ1) is 15.4. The monoisotopic (exact) mass is 303 g/mol. The van der Waals surface area contributed by atoms with Crippen molar-refractivity contribution in [3.8, 4) is 0 Å². The predicted octanol–water partition coefficient (Wildman–Crippen LogP) is 4.37. The van der Waals surface area contributed by atoms with Crippen molar-refractivity contribution in [1.82, 2.24) is 5.32 Å². The van der Waals surface area contributed by atoms with Gasteiger partial charge in [-0.3, -0.25) is 0 Å². The van der Waals surface area contributed by atoms with Crippen molar-refractivity contribution in [3.63, 3.8) is 0 Å². The van der Waals surface area contributed by atoms with Crippen molar-refractivity contribution >= 4 is 11.8 Å². The van der Waals surface area contributed by atoms with Gasteiger partial charge >= 0.3 is 0 Å². The molecule has 2 heteroatoms. The van der Waals surface area contributed by atoms with Gasteiger partial charge in [0, 0.05) is 17.0 Å². The van der Waals surface area contributed by atoms with Gasteiger partial charge in [0.05, 0.1) is 0 Å². The smallest absolute Gasteiger partial charge is 0.0198 e. The van der Waals surface area contributed by atoms with Gasteiger partial charge in [0.15, 0.2) is 0 Å². The molecule has 1 aromatic carbocycles. The number of benzene rings is 1. The van der Waals surface area contributed by atoms with E-state index in [4.69, 9.17) is 0 Å². The first-order valence-corrected chi connectivity index (χ1v) is 9.85. The Hall–Kier alpha value is -0.470. The number of likely N-dealkylation sites (N-methyl/N-ethyl adjacent to an activating group) is 1. The molecule has 1 aromatic rings. The molecule has 21 heavy (non-hydrogen) atoms.